The summed E-state index contributed by atoms with van der Waals surface area (Å²) in [4.78, 5) is 40.1. The standard InChI is InChI=1S/C26H25N3O4S.ClH/c1-33-22-21-23(34-24(22)25(31)28-14-17-10-7-13-27-17)18-11-5-6-12-19(18)29(26(21)32)15-20(30)16-8-3-2-4-9-16;/h2-6,8-9,11-12,17,27H,7,10,13-15H2,1H3,(H,28,31);1H. The molecule has 5 rings (SSSR count). The molecule has 1 aliphatic heterocycles. The van der Waals surface area contributed by atoms with Crippen molar-refractivity contribution in [3.05, 3.63) is 75.4 Å². The quantitative estimate of drug-likeness (QED) is 0.366. The molecule has 1 atom stereocenters. The number of ether oxygens (including phenoxy) is 1. The van der Waals surface area contributed by atoms with E-state index >= 15 is 0 Å². The van der Waals surface area contributed by atoms with E-state index in [1.165, 1.54) is 23.0 Å². The Morgan fingerprint density at radius 3 is 2.60 bits per heavy atom. The summed E-state index contributed by atoms with van der Waals surface area (Å²) >= 11 is 1.25. The summed E-state index contributed by atoms with van der Waals surface area (Å²) in [5.41, 5.74) is 0.842. The molecule has 0 bridgehead atoms. The van der Waals surface area contributed by atoms with Gasteiger partial charge in [0.05, 0.1) is 23.9 Å². The number of nitrogens with zero attached hydrogens (tertiary/aromatic N) is 1. The summed E-state index contributed by atoms with van der Waals surface area (Å²) in [6.07, 6.45) is 2.12. The lowest BCUT2D eigenvalue weighted by molar-refractivity contribution is 0.0948. The first-order valence-corrected chi connectivity index (χ1v) is 12.1. The van der Waals surface area contributed by atoms with Gasteiger partial charge >= 0.3 is 0 Å². The molecule has 0 spiro atoms. The molecule has 182 valence electrons. The molecule has 0 saturated carbocycles. The van der Waals surface area contributed by atoms with Crippen LogP contribution in [0.4, 0.5) is 0 Å². The highest BCUT2D eigenvalue weighted by atomic mass is 35.5. The lowest BCUT2D eigenvalue weighted by atomic mass is 10.1. The van der Waals surface area contributed by atoms with Crippen LogP contribution < -0.4 is 20.9 Å². The third kappa shape index (κ3) is 4.69. The van der Waals surface area contributed by atoms with Crippen LogP contribution in [0.3, 0.4) is 0 Å². The van der Waals surface area contributed by atoms with Crippen molar-refractivity contribution in [2.45, 2.75) is 25.4 Å². The molecular formula is C26H26ClN3O4S. The number of carbonyl (C=O) groups is 2. The predicted molar refractivity (Wildman–Crippen MR) is 142 cm³/mol. The second-order valence-corrected chi connectivity index (χ2v) is 9.39. The molecule has 4 aromatic rings. The van der Waals surface area contributed by atoms with Crippen LogP contribution in [-0.2, 0) is 6.54 Å². The summed E-state index contributed by atoms with van der Waals surface area (Å²) in [6.45, 7) is 1.37. The molecule has 9 heteroatoms. The maximum atomic E-state index is 13.7. The molecule has 0 aliphatic carbocycles. The van der Waals surface area contributed by atoms with Crippen LogP contribution in [0, 0.1) is 0 Å². The second-order valence-electron chi connectivity index (χ2n) is 8.37. The van der Waals surface area contributed by atoms with Gasteiger partial charge in [-0.2, -0.15) is 0 Å². The lowest BCUT2D eigenvalue weighted by Gasteiger charge is -2.12. The van der Waals surface area contributed by atoms with Crippen LogP contribution in [-0.4, -0.2) is 42.5 Å². The van der Waals surface area contributed by atoms with E-state index < -0.39 is 0 Å². The van der Waals surface area contributed by atoms with Crippen LogP contribution in [0.25, 0.3) is 21.0 Å². The van der Waals surface area contributed by atoms with E-state index in [1.54, 1.807) is 24.3 Å². The number of pyridine rings is 1. The zero-order valence-electron chi connectivity index (χ0n) is 19.2. The Bertz CT molecular complexity index is 1440. The van der Waals surface area contributed by atoms with E-state index in [1.807, 2.05) is 30.3 Å². The zero-order valence-corrected chi connectivity index (χ0v) is 20.8. The van der Waals surface area contributed by atoms with Gasteiger partial charge in [-0.05, 0) is 25.5 Å². The largest absolute Gasteiger partial charge is 0.494 e. The summed E-state index contributed by atoms with van der Waals surface area (Å²) in [5, 5.41) is 7.47. The van der Waals surface area contributed by atoms with E-state index in [2.05, 4.69) is 10.6 Å². The number of para-hydroxylation sites is 1. The van der Waals surface area contributed by atoms with Gasteiger partial charge in [0, 0.05) is 23.5 Å². The Hall–Kier alpha value is -3.20. The van der Waals surface area contributed by atoms with E-state index in [0.29, 0.717) is 32.6 Å². The number of benzene rings is 2. The van der Waals surface area contributed by atoms with Gasteiger partial charge in [0.25, 0.3) is 11.5 Å². The zero-order chi connectivity index (χ0) is 23.7. The second kappa shape index (κ2) is 10.6. The summed E-state index contributed by atoms with van der Waals surface area (Å²) in [5.74, 6) is -0.167. The summed E-state index contributed by atoms with van der Waals surface area (Å²) in [6, 6.07) is 16.6. The van der Waals surface area contributed by atoms with Crippen molar-refractivity contribution in [3.63, 3.8) is 0 Å². The normalized spacial score (nSPS) is 15.2. The number of hydrogen-bond acceptors (Lipinski definition) is 6. The number of thiophene rings is 1. The highest BCUT2D eigenvalue weighted by Crippen LogP contribution is 2.39. The van der Waals surface area contributed by atoms with Crippen LogP contribution in [0.15, 0.2) is 59.4 Å². The summed E-state index contributed by atoms with van der Waals surface area (Å²) < 4.78 is 7.77. The van der Waals surface area contributed by atoms with Crippen molar-refractivity contribution >= 4 is 56.4 Å². The van der Waals surface area contributed by atoms with Crippen molar-refractivity contribution in [1.82, 2.24) is 15.2 Å². The molecular weight excluding hydrogens is 486 g/mol. The van der Waals surface area contributed by atoms with Gasteiger partial charge in [-0.3, -0.25) is 19.0 Å². The van der Waals surface area contributed by atoms with Gasteiger partial charge in [0.2, 0.25) is 0 Å². The fourth-order valence-electron chi connectivity index (χ4n) is 4.53. The number of methoxy groups -OCH3 is 1. The average molecular weight is 512 g/mol. The molecule has 3 heterocycles. The summed E-state index contributed by atoms with van der Waals surface area (Å²) in [7, 11) is 1.46. The van der Waals surface area contributed by atoms with Gasteiger partial charge in [-0.25, -0.2) is 0 Å². The van der Waals surface area contributed by atoms with E-state index in [-0.39, 0.29) is 48.0 Å². The highest BCUT2D eigenvalue weighted by Gasteiger charge is 2.26. The Kier molecular flexibility index (Phi) is 7.54. The van der Waals surface area contributed by atoms with Gasteiger partial charge in [0.15, 0.2) is 11.5 Å². The Balaban J connectivity index is 0.00000289. The fourth-order valence-corrected chi connectivity index (χ4v) is 5.74. The number of carbonyl (C=O) groups excluding carboxylic acids is 2. The highest BCUT2D eigenvalue weighted by molar-refractivity contribution is 7.22. The van der Waals surface area contributed by atoms with Gasteiger partial charge < -0.3 is 15.4 Å². The molecule has 7 nitrogen and oxygen atoms in total. The van der Waals surface area contributed by atoms with Gasteiger partial charge in [0.1, 0.15) is 10.3 Å². The van der Waals surface area contributed by atoms with Crippen molar-refractivity contribution in [2.75, 3.05) is 20.2 Å². The molecule has 1 unspecified atom stereocenters. The van der Waals surface area contributed by atoms with Gasteiger partial charge in [-0.1, -0.05) is 48.5 Å². The molecule has 0 radical (unpaired) electrons. The smallest absolute Gasteiger partial charge is 0.265 e. The van der Waals surface area contributed by atoms with E-state index in [9.17, 15) is 14.4 Å². The lowest BCUT2D eigenvalue weighted by Crippen LogP contribution is -2.37. The monoisotopic (exact) mass is 511 g/mol. The molecule has 2 aromatic carbocycles. The fraction of sp³-hybridized carbons (Fsp3) is 0.269. The van der Waals surface area contributed by atoms with Crippen LogP contribution in [0.1, 0.15) is 32.9 Å². The molecule has 2 aromatic heterocycles. The maximum Gasteiger partial charge on any atom is 0.265 e. The Morgan fingerprint density at radius 1 is 1.14 bits per heavy atom. The SMILES string of the molecule is COc1c(C(=O)NCC2CCCN2)sc2c1c(=O)n(CC(=O)c1ccccc1)c1ccccc21.Cl. The molecule has 1 aliphatic rings. The Morgan fingerprint density at radius 2 is 1.89 bits per heavy atom. The first-order chi connectivity index (χ1) is 16.6. The minimum atomic E-state index is -0.345. The predicted octanol–water partition coefficient (Wildman–Crippen LogP) is 4.01. The number of aromatic nitrogens is 1. The first kappa shape index (κ1) is 24.9. The van der Waals surface area contributed by atoms with Crippen molar-refractivity contribution in [3.8, 4) is 5.75 Å². The van der Waals surface area contributed by atoms with Crippen LogP contribution in [0.2, 0.25) is 0 Å². The van der Waals surface area contributed by atoms with Gasteiger partial charge in [-0.15, -0.1) is 23.7 Å². The number of rotatable bonds is 7. The maximum absolute atomic E-state index is 13.7. The molecule has 35 heavy (non-hydrogen) atoms. The van der Waals surface area contributed by atoms with Crippen LogP contribution >= 0.6 is 23.7 Å². The van der Waals surface area contributed by atoms with Crippen LogP contribution in [0.5, 0.6) is 5.75 Å². The number of nitrogens with one attached hydrogen (secondary N) is 2. The number of halogens is 1. The van der Waals surface area contributed by atoms with Crippen molar-refractivity contribution in [2.24, 2.45) is 0 Å². The minimum Gasteiger partial charge on any atom is -0.494 e. The molecule has 1 fully saturated rings. The first-order valence-electron chi connectivity index (χ1n) is 11.3. The van der Waals surface area contributed by atoms with E-state index in [0.717, 1.165) is 24.8 Å². The third-order valence-corrected chi connectivity index (χ3v) is 7.45. The average Bonchev–Trinajstić information content (AvgIpc) is 3.53. The topological polar surface area (TPSA) is 89.4 Å². The molecule has 2 N–H and O–H groups in total. The number of ketones is 1. The van der Waals surface area contributed by atoms with Crippen molar-refractivity contribution in [1.29, 1.82) is 0 Å². The molecule has 1 amide bonds. The van der Waals surface area contributed by atoms with Crippen molar-refractivity contribution < 1.29 is 14.3 Å². The minimum absolute atomic E-state index is 0. The number of fused-ring (bicyclic) bond motifs is 3. The Labute approximate surface area is 212 Å². The number of Topliss-reactive ketones (excluding diaryl/α,β-unsaturated/α-hetero) is 1. The molecule has 1 saturated heterocycles. The van der Waals surface area contributed by atoms with E-state index in [4.69, 9.17) is 4.74 Å². The number of amides is 1. The number of hydrogen-bond donors (Lipinski definition) is 2. The third-order valence-electron chi connectivity index (χ3n) is 6.24.